The highest BCUT2D eigenvalue weighted by Gasteiger charge is 2.13. The van der Waals surface area contributed by atoms with E-state index in [1.165, 1.54) is 0 Å². The summed E-state index contributed by atoms with van der Waals surface area (Å²) in [6, 6.07) is 18.7. The summed E-state index contributed by atoms with van der Waals surface area (Å²) in [5.74, 6) is 0.677. The first-order valence-electron chi connectivity index (χ1n) is 7.19. The van der Waals surface area contributed by atoms with E-state index < -0.39 is 0 Å². The lowest BCUT2D eigenvalue weighted by Crippen LogP contribution is -2.22. The monoisotopic (exact) mass is 308 g/mol. The van der Waals surface area contributed by atoms with Crippen LogP contribution in [0.15, 0.2) is 65.2 Å². The maximum Gasteiger partial charge on any atom is 0.290 e. The van der Waals surface area contributed by atoms with Crippen molar-refractivity contribution in [1.29, 1.82) is 0 Å². The Kier molecular flexibility index (Phi) is 4.38. The molecule has 5 heteroatoms. The first kappa shape index (κ1) is 14.8. The van der Waals surface area contributed by atoms with Crippen molar-refractivity contribution in [3.05, 3.63) is 72.0 Å². The molecule has 0 aliphatic carbocycles. The molecule has 1 heterocycles. The van der Waals surface area contributed by atoms with Crippen LogP contribution in [0.1, 0.15) is 16.1 Å². The van der Waals surface area contributed by atoms with Gasteiger partial charge in [0.05, 0.1) is 7.11 Å². The van der Waals surface area contributed by atoms with E-state index in [1.54, 1.807) is 13.2 Å². The highest BCUT2D eigenvalue weighted by Crippen LogP contribution is 2.18. The Balaban J connectivity index is 1.63. The molecule has 0 atom stereocenters. The van der Waals surface area contributed by atoms with Crippen molar-refractivity contribution in [1.82, 2.24) is 10.5 Å². The lowest BCUT2D eigenvalue weighted by Gasteiger charge is -2.04. The van der Waals surface area contributed by atoms with Crippen molar-refractivity contribution < 1.29 is 14.1 Å². The van der Waals surface area contributed by atoms with E-state index in [-0.39, 0.29) is 11.7 Å². The quantitative estimate of drug-likeness (QED) is 0.785. The van der Waals surface area contributed by atoms with E-state index in [1.807, 2.05) is 54.6 Å². The third-order valence-electron chi connectivity index (χ3n) is 3.42. The Hall–Kier alpha value is -3.08. The summed E-state index contributed by atoms with van der Waals surface area (Å²) in [6.07, 6.45) is 0. The molecule has 0 aliphatic heterocycles. The minimum atomic E-state index is -0.296. The molecule has 116 valence electrons. The summed E-state index contributed by atoms with van der Waals surface area (Å²) in [5.41, 5.74) is 2.52. The average Bonchev–Trinajstić information content (AvgIpc) is 3.11. The number of hydrogen-bond acceptors (Lipinski definition) is 4. The molecule has 5 nitrogen and oxygen atoms in total. The van der Waals surface area contributed by atoms with Gasteiger partial charge in [-0.1, -0.05) is 47.6 Å². The number of nitrogens with zero attached hydrogens (tertiary/aromatic N) is 1. The molecule has 2 aromatic carbocycles. The molecule has 0 spiro atoms. The maximum absolute atomic E-state index is 12.1. The zero-order valence-electron chi connectivity index (χ0n) is 12.7. The second-order valence-corrected chi connectivity index (χ2v) is 4.97. The molecule has 0 radical (unpaired) electrons. The van der Waals surface area contributed by atoms with Crippen molar-refractivity contribution in [2.45, 2.75) is 6.54 Å². The number of benzene rings is 2. The van der Waals surface area contributed by atoms with E-state index in [9.17, 15) is 4.79 Å². The highest BCUT2D eigenvalue weighted by atomic mass is 16.5. The van der Waals surface area contributed by atoms with Crippen LogP contribution in [0, 0.1) is 0 Å². The van der Waals surface area contributed by atoms with Crippen LogP contribution in [0.4, 0.5) is 0 Å². The zero-order chi connectivity index (χ0) is 16.1. The molecular formula is C18H16N2O3. The molecule has 0 fully saturated rings. The van der Waals surface area contributed by atoms with Crippen LogP contribution in [0.25, 0.3) is 11.3 Å². The summed E-state index contributed by atoms with van der Waals surface area (Å²) in [4.78, 5) is 12.1. The number of nitrogens with one attached hydrogen (secondary N) is 1. The van der Waals surface area contributed by atoms with Gasteiger partial charge in [0.1, 0.15) is 11.4 Å². The van der Waals surface area contributed by atoms with Crippen LogP contribution in [-0.4, -0.2) is 18.2 Å². The van der Waals surface area contributed by atoms with Crippen molar-refractivity contribution in [3.63, 3.8) is 0 Å². The van der Waals surface area contributed by atoms with Crippen LogP contribution in [0.3, 0.4) is 0 Å². The van der Waals surface area contributed by atoms with Crippen LogP contribution >= 0.6 is 0 Å². The number of amides is 1. The van der Waals surface area contributed by atoms with E-state index in [4.69, 9.17) is 9.26 Å². The van der Waals surface area contributed by atoms with Gasteiger partial charge in [0.15, 0.2) is 0 Å². The largest absolute Gasteiger partial charge is 0.497 e. The Bertz CT molecular complexity index is 780. The second kappa shape index (κ2) is 6.79. The van der Waals surface area contributed by atoms with Crippen LogP contribution in [0.5, 0.6) is 5.75 Å². The molecule has 0 saturated carbocycles. The van der Waals surface area contributed by atoms with Gasteiger partial charge in [-0.25, -0.2) is 0 Å². The summed E-state index contributed by atoms with van der Waals surface area (Å²) >= 11 is 0. The Morgan fingerprint density at radius 2 is 1.87 bits per heavy atom. The molecule has 0 saturated heterocycles. The van der Waals surface area contributed by atoms with Crippen LogP contribution < -0.4 is 10.1 Å². The Labute approximate surface area is 133 Å². The van der Waals surface area contributed by atoms with Crippen molar-refractivity contribution in [2.24, 2.45) is 0 Å². The molecule has 1 amide bonds. The van der Waals surface area contributed by atoms with Crippen LogP contribution in [-0.2, 0) is 6.54 Å². The van der Waals surface area contributed by atoms with Gasteiger partial charge in [-0.05, 0) is 17.7 Å². The molecule has 3 rings (SSSR count). The summed E-state index contributed by atoms with van der Waals surface area (Å²) < 4.78 is 10.2. The van der Waals surface area contributed by atoms with E-state index in [0.717, 1.165) is 16.9 Å². The van der Waals surface area contributed by atoms with Gasteiger partial charge in [-0.2, -0.15) is 0 Å². The molecule has 0 aliphatic rings. The van der Waals surface area contributed by atoms with Gasteiger partial charge in [-0.15, -0.1) is 0 Å². The Morgan fingerprint density at radius 1 is 1.13 bits per heavy atom. The fourth-order valence-corrected chi connectivity index (χ4v) is 2.14. The molecule has 3 aromatic rings. The minimum Gasteiger partial charge on any atom is -0.497 e. The van der Waals surface area contributed by atoms with Crippen molar-refractivity contribution in [2.75, 3.05) is 7.11 Å². The lowest BCUT2D eigenvalue weighted by molar-refractivity contribution is 0.0914. The normalized spacial score (nSPS) is 10.3. The number of rotatable bonds is 5. The molecule has 1 aromatic heterocycles. The van der Waals surface area contributed by atoms with Gasteiger partial charge < -0.3 is 14.6 Å². The van der Waals surface area contributed by atoms with E-state index in [2.05, 4.69) is 10.5 Å². The first-order chi connectivity index (χ1) is 11.3. The summed E-state index contributed by atoms with van der Waals surface area (Å²) in [7, 11) is 1.62. The number of hydrogen-bond donors (Lipinski definition) is 1. The first-order valence-corrected chi connectivity index (χ1v) is 7.19. The highest BCUT2D eigenvalue weighted by molar-refractivity contribution is 5.92. The van der Waals surface area contributed by atoms with Crippen molar-refractivity contribution in [3.8, 4) is 17.0 Å². The number of aromatic nitrogens is 1. The number of methoxy groups -OCH3 is 1. The predicted molar refractivity (Wildman–Crippen MR) is 86.1 cm³/mol. The molecule has 0 bridgehead atoms. The maximum atomic E-state index is 12.1. The smallest absolute Gasteiger partial charge is 0.290 e. The molecular weight excluding hydrogens is 292 g/mol. The standard InChI is InChI=1S/C18H16N2O3/c1-22-15-9-7-13(8-10-15)12-19-18(21)17-11-16(20-23-17)14-5-3-2-4-6-14/h2-11H,12H2,1H3,(H,19,21). The third-order valence-corrected chi connectivity index (χ3v) is 3.42. The number of ether oxygens (including phenoxy) is 1. The predicted octanol–water partition coefficient (Wildman–Crippen LogP) is 3.28. The van der Waals surface area contributed by atoms with Gasteiger partial charge in [0.2, 0.25) is 5.76 Å². The number of carbonyl (C=O) groups excluding carboxylic acids is 1. The van der Waals surface area contributed by atoms with Gasteiger partial charge >= 0.3 is 0 Å². The van der Waals surface area contributed by atoms with Crippen LogP contribution in [0.2, 0.25) is 0 Å². The van der Waals surface area contributed by atoms with E-state index >= 15 is 0 Å². The number of carbonyl (C=O) groups is 1. The average molecular weight is 308 g/mol. The fourth-order valence-electron chi connectivity index (χ4n) is 2.14. The van der Waals surface area contributed by atoms with Gasteiger partial charge in [-0.3, -0.25) is 4.79 Å². The Morgan fingerprint density at radius 3 is 2.57 bits per heavy atom. The van der Waals surface area contributed by atoms with Gasteiger partial charge in [0, 0.05) is 18.2 Å². The summed E-state index contributed by atoms with van der Waals surface area (Å²) in [5, 5.41) is 6.74. The van der Waals surface area contributed by atoms with Gasteiger partial charge in [0.25, 0.3) is 5.91 Å². The molecule has 23 heavy (non-hydrogen) atoms. The topological polar surface area (TPSA) is 64.4 Å². The molecule has 0 unspecified atom stereocenters. The lowest BCUT2D eigenvalue weighted by atomic mass is 10.1. The zero-order valence-corrected chi connectivity index (χ0v) is 12.7. The third kappa shape index (κ3) is 3.58. The van der Waals surface area contributed by atoms with Crippen molar-refractivity contribution >= 4 is 5.91 Å². The SMILES string of the molecule is COc1ccc(CNC(=O)c2cc(-c3ccccc3)no2)cc1. The second-order valence-electron chi connectivity index (χ2n) is 4.97. The summed E-state index contributed by atoms with van der Waals surface area (Å²) in [6.45, 7) is 0.407. The fraction of sp³-hybridized carbons (Fsp3) is 0.111. The molecule has 1 N–H and O–H groups in total. The van der Waals surface area contributed by atoms with E-state index in [0.29, 0.717) is 12.2 Å². The minimum absolute atomic E-state index is 0.192.